The van der Waals surface area contributed by atoms with E-state index in [1.54, 1.807) is 7.11 Å². The standard InChI is InChI=1S/C30H29N3O5/c1-4-17(2)28(30-31-22-7-5-6-8-23(22)32-30)33-27(34)14-21-20-13-25-26(37-16-36-25)15-24(20)38-29(21)18-9-11-19(35-3)12-10-18/h5-13,15,17,28H,4,14,16H2,1-3H3,(H,31,32)(H,33,34)/t17-,28-/m0/s1. The van der Waals surface area contributed by atoms with E-state index in [2.05, 4.69) is 24.1 Å². The number of nitrogens with zero attached hydrogens (tertiary/aromatic N) is 1. The van der Waals surface area contributed by atoms with Crippen molar-refractivity contribution in [2.24, 2.45) is 5.92 Å². The van der Waals surface area contributed by atoms with Gasteiger partial charge in [-0.05, 0) is 48.4 Å². The molecule has 3 aromatic carbocycles. The Kier molecular flexibility index (Phi) is 6.15. The van der Waals surface area contributed by atoms with Crippen molar-refractivity contribution in [3.8, 4) is 28.6 Å². The van der Waals surface area contributed by atoms with Crippen LogP contribution in [0, 0.1) is 5.92 Å². The number of ether oxygens (including phenoxy) is 3. The van der Waals surface area contributed by atoms with Crippen LogP contribution in [-0.4, -0.2) is 29.8 Å². The number of hydrogen-bond donors (Lipinski definition) is 2. The van der Waals surface area contributed by atoms with Crippen LogP contribution >= 0.6 is 0 Å². The Labute approximate surface area is 219 Å². The average Bonchev–Trinajstić information content (AvgIpc) is 3.67. The third-order valence-corrected chi connectivity index (χ3v) is 7.21. The van der Waals surface area contributed by atoms with Crippen LogP contribution in [0.4, 0.5) is 0 Å². The van der Waals surface area contributed by atoms with Crippen LogP contribution < -0.4 is 19.5 Å². The molecular formula is C30H29N3O5. The van der Waals surface area contributed by atoms with Crippen LogP contribution in [0.3, 0.4) is 0 Å². The van der Waals surface area contributed by atoms with Crippen molar-refractivity contribution >= 4 is 27.9 Å². The molecule has 0 spiro atoms. The number of furan rings is 1. The number of fused-ring (bicyclic) bond motifs is 3. The lowest BCUT2D eigenvalue weighted by Crippen LogP contribution is -2.34. The summed E-state index contributed by atoms with van der Waals surface area (Å²) in [7, 11) is 1.63. The molecule has 2 aromatic heterocycles. The highest BCUT2D eigenvalue weighted by molar-refractivity contribution is 5.95. The van der Waals surface area contributed by atoms with Gasteiger partial charge in [-0.1, -0.05) is 32.4 Å². The number of imidazole rings is 1. The molecule has 5 aromatic rings. The quantitative estimate of drug-likeness (QED) is 0.259. The van der Waals surface area contributed by atoms with Crippen LogP contribution in [0.2, 0.25) is 0 Å². The number of carbonyl (C=O) groups excluding carboxylic acids is 1. The largest absolute Gasteiger partial charge is 0.497 e. The lowest BCUT2D eigenvalue weighted by Gasteiger charge is -2.22. The molecule has 3 heterocycles. The Morgan fingerprint density at radius 3 is 2.61 bits per heavy atom. The molecule has 0 saturated heterocycles. The minimum Gasteiger partial charge on any atom is -0.497 e. The number of hydrogen-bond acceptors (Lipinski definition) is 6. The SMILES string of the molecule is CC[C@H](C)[C@H](NC(=O)Cc1c(-c2ccc(OC)cc2)oc2cc3c(cc12)OCO3)c1nc2ccccc2[nH]1. The highest BCUT2D eigenvalue weighted by Gasteiger charge is 2.27. The fraction of sp³-hybridized carbons (Fsp3) is 0.267. The highest BCUT2D eigenvalue weighted by Crippen LogP contribution is 2.42. The molecule has 0 saturated carbocycles. The number of para-hydroxylation sites is 2. The topological polar surface area (TPSA) is 98.6 Å². The zero-order valence-electron chi connectivity index (χ0n) is 21.5. The second-order valence-corrected chi connectivity index (χ2v) is 9.59. The van der Waals surface area contributed by atoms with Gasteiger partial charge in [-0.2, -0.15) is 0 Å². The molecular weight excluding hydrogens is 482 g/mol. The number of rotatable bonds is 8. The van der Waals surface area contributed by atoms with E-state index >= 15 is 0 Å². The molecule has 0 fully saturated rings. The number of nitrogens with one attached hydrogen (secondary N) is 2. The van der Waals surface area contributed by atoms with Gasteiger partial charge in [0.2, 0.25) is 12.7 Å². The number of amides is 1. The third-order valence-electron chi connectivity index (χ3n) is 7.21. The molecule has 0 radical (unpaired) electrons. The monoisotopic (exact) mass is 511 g/mol. The van der Waals surface area contributed by atoms with Gasteiger partial charge in [-0.15, -0.1) is 0 Å². The molecule has 6 rings (SSSR count). The first-order valence-electron chi connectivity index (χ1n) is 12.8. The van der Waals surface area contributed by atoms with Crippen LogP contribution in [0.15, 0.2) is 65.1 Å². The number of aromatic amines is 1. The number of methoxy groups -OCH3 is 1. The first-order chi connectivity index (χ1) is 18.5. The van der Waals surface area contributed by atoms with Crippen LogP contribution in [0.25, 0.3) is 33.3 Å². The van der Waals surface area contributed by atoms with Crippen molar-refractivity contribution < 1.29 is 23.4 Å². The Hall–Kier alpha value is -4.46. The minimum atomic E-state index is -0.261. The number of aromatic nitrogens is 2. The van der Waals surface area contributed by atoms with Crippen molar-refractivity contribution in [3.05, 3.63) is 72.1 Å². The molecule has 1 aliphatic heterocycles. The molecule has 1 amide bonds. The molecule has 194 valence electrons. The number of carbonyl (C=O) groups is 1. The Morgan fingerprint density at radius 1 is 1.11 bits per heavy atom. The average molecular weight is 512 g/mol. The van der Waals surface area contributed by atoms with E-state index in [1.807, 2.05) is 60.7 Å². The highest BCUT2D eigenvalue weighted by atomic mass is 16.7. The first-order valence-corrected chi connectivity index (χ1v) is 12.8. The zero-order chi connectivity index (χ0) is 26.2. The van der Waals surface area contributed by atoms with Gasteiger partial charge in [0.1, 0.15) is 22.9 Å². The van der Waals surface area contributed by atoms with E-state index in [1.165, 1.54) is 0 Å². The molecule has 1 aliphatic rings. The van der Waals surface area contributed by atoms with Crippen LogP contribution in [-0.2, 0) is 11.2 Å². The fourth-order valence-electron chi connectivity index (χ4n) is 4.91. The lowest BCUT2D eigenvalue weighted by atomic mass is 9.97. The Morgan fingerprint density at radius 2 is 1.87 bits per heavy atom. The molecule has 0 aliphatic carbocycles. The molecule has 0 unspecified atom stereocenters. The normalized spacial score (nSPS) is 14.1. The maximum Gasteiger partial charge on any atom is 0.231 e. The van der Waals surface area contributed by atoms with E-state index in [-0.39, 0.29) is 31.1 Å². The van der Waals surface area contributed by atoms with Gasteiger partial charge in [-0.25, -0.2) is 4.98 Å². The summed E-state index contributed by atoms with van der Waals surface area (Å²) >= 11 is 0. The van der Waals surface area contributed by atoms with Gasteiger partial charge in [0.25, 0.3) is 0 Å². The molecule has 2 N–H and O–H groups in total. The zero-order valence-corrected chi connectivity index (χ0v) is 21.5. The third kappa shape index (κ3) is 4.32. The van der Waals surface area contributed by atoms with E-state index < -0.39 is 0 Å². The smallest absolute Gasteiger partial charge is 0.231 e. The summed E-state index contributed by atoms with van der Waals surface area (Å²) in [5.41, 5.74) is 4.10. The summed E-state index contributed by atoms with van der Waals surface area (Å²) in [5.74, 6) is 3.45. The second-order valence-electron chi connectivity index (χ2n) is 9.59. The van der Waals surface area contributed by atoms with Gasteiger partial charge in [0, 0.05) is 22.6 Å². The number of benzene rings is 3. The van der Waals surface area contributed by atoms with Crippen LogP contribution in [0.5, 0.6) is 17.2 Å². The lowest BCUT2D eigenvalue weighted by molar-refractivity contribution is -0.121. The van der Waals surface area contributed by atoms with Crippen molar-refractivity contribution in [2.45, 2.75) is 32.7 Å². The molecule has 2 atom stereocenters. The summed E-state index contributed by atoms with van der Waals surface area (Å²) in [4.78, 5) is 21.8. The van der Waals surface area contributed by atoms with Gasteiger partial charge in [0.05, 0.1) is 30.6 Å². The van der Waals surface area contributed by atoms with Gasteiger partial charge in [-0.3, -0.25) is 4.79 Å². The van der Waals surface area contributed by atoms with E-state index in [0.29, 0.717) is 22.8 Å². The van der Waals surface area contributed by atoms with Crippen LogP contribution in [0.1, 0.15) is 37.7 Å². The van der Waals surface area contributed by atoms with Crippen molar-refractivity contribution in [1.82, 2.24) is 15.3 Å². The number of H-pyrrole nitrogens is 1. The summed E-state index contributed by atoms with van der Waals surface area (Å²) < 4.78 is 22.8. The maximum absolute atomic E-state index is 13.6. The van der Waals surface area contributed by atoms with E-state index in [0.717, 1.165) is 45.5 Å². The first kappa shape index (κ1) is 23.9. The van der Waals surface area contributed by atoms with Crippen molar-refractivity contribution in [1.29, 1.82) is 0 Å². The van der Waals surface area contributed by atoms with Crippen molar-refractivity contribution in [3.63, 3.8) is 0 Å². The predicted molar refractivity (Wildman–Crippen MR) is 144 cm³/mol. The second kappa shape index (κ2) is 9.78. The van der Waals surface area contributed by atoms with E-state index in [4.69, 9.17) is 23.6 Å². The molecule has 38 heavy (non-hydrogen) atoms. The molecule has 8 heteroatoms. The van der Waals surface area contributed by atoms with Gasteiger partial charge in [0.15, 0.2) is 11.5 Å². The summed E-state index contributed by atoms with van der Waals surface area (Å²) in [6.07, 6.45) is 1.01. The van der Waals surface area contributed by atoms with Crippen molar-refractivity contribution in [2.75, 3.05) is 13.9 Å². The summed E-state index contributed by atoms with van der Waals surface area (Å²) in [6, 6.07) is 18.9. The Bertz CT molecular complexity index is 1590. The maximum atomic E-state index is 13.6. The minimum absolute atomic E-state index is 0.120. The summed E-state index contributed by atoms with van der Waals surface area (Å²) in [6.45, 7) is 4.40. The molecule has 8 nitrogen and oxygen atoms in total. The van der Waals surface area contributed by atoms with Gasteiger partial charge < -0.3 is 28.9 Å². The predicted octanol–water partition coefficient (Wildman–Crippen LogP) is 6.16. The van der Waals surface area contributed by atoms with E-state index in [9.17, 15) is 4.79 Å². The molecule has 0 bridgehead atoms. The fourth-order valence-corrected chi connectivity index (χ4v) is 4.91. The van der Waals surface area contributed by atoms with Gasteiger partial charge >= 0.3 is 0 Å². The summed E-state index contributed by atoms with van der Waals surface area (Å²) in [5, 5.41) is 4.07. The Balaban J connectivity index is 1.36.